The Morgan fingerprint density at radius 2 is 1.81 bits per heavy atom. The fourth-order valence-corrected chi connectivity index (χ4v) is 3.13. The molecule has 0 saturated carbocycles. The Bertz CT molecular complexity index is 741. The van der Waals surface area contributed by atoms with E-state index in [0.717, 1.165) is 22.8 Å². The highest BCUT2D eigenvalue weighted by Gasteiger charge is 2.05. The molecule has 0 aliphatic carbocycles. The largest absolute Gasteiger partial charge is 0.332 e. The standard InChI is InChI=1S/C16H12Cl2N2S/c17-14-7-6-11(9-15(14)18)8-13-10-19-16(21-13)20-12-4-2-1-3-5-12/h1-7,9-10H,8H2,(H,19,20). The number of nitrogens with one attached hydrogen (secondary N) is 1. The lowest BCUT2D eigenvalue weighted by Crippen LogP contribution is -1.87. The molecule has 21 heavy (non-hydrogen) atoms. The number of benzene rings is 2. The number of hydrogen-bond donors (Lipinski definition) is 1. The highest BCUT2D eigenvalue weighted by Crippen LogP contribution is 2.27. The van der Waals surface area contributed by atoms with E-state index in [-0.39, 0.29) is 0 Å². The molecule has 3 aromatic rings. The Balaban J connectivity index is 1.71. The summed E-state index contributed by atoms with van der Waals surface area (Å²) in [6.07, 6.45) is 2.68. The van der Waals surface area contributed by atoms with Crippen LogP contribution in [0.2, 0.25) is 10.0 Å². The summed E-state index contributed by atoms with van der Waals surface area (Å²) in [7, 11) is 0. The van der Waals surface area contributed by atoms with Gasteiger partial charge in [-0.3, -0.25) is 0 Å². The Morgan fingerprint density at radius 3 is 2.57 bits per heavy atom. The Morgan fingerprint density at radius 1 is 1.00 bits per heavy atom. The number of halogens is 2. The zero-order valence-electron chi connectivity index (χ0n) is 11.0. The fraction of sp³-hybridized carbons (Fsp3) is 0.0625. The number of para-hydroxylation sites is 1. The molecular formula is C16H12Cl2N2S. The first-order chi connectivity index (χ1) is 10.2. The van der Waals surface area contributed by atoms with E-state index in [2.05, 4.69) is 10.3 Å². The second-order valence-corrected chi connectivity index (χ2v) is 6.48. The van der Waals surface area contributed by atoms with Gasteiger partial charge in [0.2, 0.25) is 0 Å². The van der Waals surface area contributed by atoms with Gasteiger partial charge in [0.25, 0.3) is 0 Å². The number of aromatic nitrogens is 1. The lowest BCUT2D eigenvalue weighted by atomic mass is 10.1. The Labute approximate surface area is 137 Å². The van der Waals surface area contributed by atoms with Gasteiger partial charge in [-0.1, -0.05) is 47.5 Å². The molecule has 0 radical (unpaired) electrons. The first kappa shape index (κ1) is 14.4. The molecule has 1 N–H and O–H groups in total. The Kier molecular flexibility index (Phi) is 4.44. The first-order valence-electron chi connectivity index (χ1n) is 6.41. The molecule has 0 fully saturated rings. The highest BCUT2D eigenvalue weighted by molar-refractivity contribution is 7.15. The summed E-state index contributed by atoms with van der Waals surface area (Å²) in [4.78, 5) is 5.57. The number of rotatable bonds is 4. The van der Waals surface area contributed by atoms with Crippen molar-refractivity contribution in [3.63, 3.8) is 0 Å². The highest BCUT2D eigenvalue weighted by atomic mass is 35.5. The molecule has 0 aliphatic rings. The van der Waals surface area contributed by atoms with Crippen LogP contribution in [-0.2, 0) is 6.42 Å². The normalized spacial score (nSPS) is 10.6. The monoisotopic (exact) mass is 334 g/mol. The van der Waals surface area contributed by atoms with Gasteiger partial charge in [-0.15, -0.1) is 11.3 Å². The number of hydrogen-bond acceptors (Lipinski definition) is 3. The maximum atomic E-state index is 6.04. The van der Waals surface area contributed by atoms with Crippen LogP contribution >= 0.6 is 34.5 Å². The quantitative estimate of drug-likeness (QED) is 0.653. The van der Waals surface area contributed by atoms with Gasteiger partial charge >= 0.3 is 0 Å². The number of thiazole rings is 1. The lowest BCUT2D eigenvalue weighted by molar-refractivity contribution is 1.22. The van der Waals surface area contributed by atoms with Crippen LogP contribution in [0.4, 0.5) is 10.8 Å². The third kappa shape index (κ3) is 3.76. The minimum atomic E-state index is 0.580. The minimum absolute atomic E-state index is 0.580. The van der Waals surface area contributed by atoms with E-state index in [4.69, 9.17) is 23.2 Å². The molecule has 2 nitrogen and oxygen atoms in total. The number of anilines is 2. The lowest BCUT2D eigenvalue weighted by Gasteiger charge is -2.02. The predicted molar refractivity (Wildman–Crippen MR) is 91.1 cm³/mol. The van der Waals surface area contributed by atoms with Crippen molar-refractivity contribution in [1.82, 2.24) is 4.98 Å². The van der Waals surface area contributed by atoms with E-state index < -0.39 is 0 Å². The SMILES string of the molecule is Clc1ccc(Cc2cnc(Nc3ccccc3)s2)cc1Cl. The average Bonchev–Trinajstić information content (AvgIpc) is 2.91. The molecule has 1 aromatic heterocycles. The van der Waals surface area contributed by atoms with Crippen molar-refractivity contribution < 1.29 is 0 Å². The van der Waals surface area contributed by atoms with Crippen LogP contribution in [0.15, 0.2) is 54.7 Å². The predicted octanol–water partition coefficient (Wildman–Crippen LogP) is 5.78. The zero-order valence-corrected chi connectivity index (χ0v) is 13.3. The van der Waals surface area contributed by atoms with Crippen LogP contribution in [-0.4, -0.2) is 4.98 Å². The van der Waals surface area contributed by atoms with Crippen molar-refractivity contribution in [2.75, 3.05) is 5.32 Å². The molecule has 2 aromatic carbocycles. The van der Waals surface area contributed by atoms with Crippen molar-refractivity contribution in [1.29, 1.82) is 0 Å². The molecule has 0 spiro atoms. The van der Waals surface area contributed by atoms with E-state index in [1.54, 1.807) is 11.3 Å². The second kappa shape index (κ2) is 6.48. The van der Waals surface area contributed by atoms with E-state index >= 15 is 0 Å². The van der Waals surface area contributed by atoms with Gasteiger partial charge < -0.3 is 5.32 Å². The molecule has 106 valence electrons. The van der Waals surface area contributed by atoms with Crippen LogP contribution < -0.4 is 5.32 Å². The fourth-order valence-electron chi connectivity index (χ4n) is 1.94. The van der Waals surface area contributed by atoms with Crippen molar-refractivity contribution in [3.8, 4) is 0 Å². The molecule has 5 heteroatoms. The topological polar surface area (TPSA) is 24.9 Å². The molecule has 0 atom stereocenters. The van der Waals surface area contributed by atoms with E-state index in [0.29, 0.717) is 10.0 Å². The number of nitrogens with zero attached hydrogens (tertiary/aromatic N) is 1. The summed E-state index contributed by atoms with van der Waals surface area (Å²) < 4.78 is 0. The van der Waals surface area contributed by atoms with E-state index in [9.17, 15) is 0 Å². The van der Waals surface area contributed by atoms with Crippen molar-refractivity contribution in [2.24, 2.45) is 0 Å². The molecule has 0 bridgehead atoms. The summed E-state index contributed by atoms with van der Waals surface area (Å²) in [6.45, 7) is 0. The second-order valence-electron chi connectivity index (χ2n) is 4.55. The van der Waals surface area contributed by atoms with E-state index in [1.165, 1.54) is 4.88 Å². The maximum Gasteiger partial charge on any atom is 0.187 e. The Hall–Kier alpha value is -1.55. The van der Waals surface area contributed by atoms with Crippen LogP contribution in [0.1, 0.15) is 10.4 Å². The first-order valence-corrected chi connectivity index (χ1v) is 7.98. The van der Waals surface area contributed by atoms with Gasteiger partial charge in [-0.2, -0.15) is 0 Å². The van der Waals surface area contributed by atoms with Crippen molar-refractivity contribution >= 4 is 45.4 Å². The minimum Gasteiger partial charge on any atom is -0.332 e. The van der Waals surface area contributed by atoms with Crippen molar-refractivity contribution in [3.05, 3.63) is 75.2 Å². The molecule has 1 heterocycles. The summed E-state index contributed by atoms with van der Waals surface area (Å²) in [6, 6.07) is 15.7. The summed E-state index contributed by atoms with van der Waals surface area (Å²) in [5.74, 6) is 0. The van der Waals surface area contributed by atoms with Crippen LogP contribution in [0.5, 0.6) is 0 Å². The van der Waals surface area contributed by atoms with Gasteiger partial charge in [-0.05, 0) is 29.8 Å². The van der Waals surface area contributed by atoms with Crippen LogP contribution in [0.25, 0.3) is 0 Å². The van der Waals surface area contributed by atoms with Crippen LogP contribution in [0.3, 0.4) is 0 Å². The third-order valence-electron chi connectivity index (χ3n) is 2.94. The smallest absolute Gasteiger partial charge is 0.187 e. The summed E-state index contributed by atoms with van der Waals surface area (Å²) in [5, 5.41) is 5.34. The molecule has 0 aliphatic heterocycles. The van der Waals surface area contributed by atoms with Gasteiger partial charge in [-0.25, -0.2) is 4.98 Å². The zero-order chi connectivity index (χ0) is 14.7. The maximum absolute atomic E-state index is 6.04. The van der Waals surface area contributed by atoms with Gasteiger partial charge in [0.1, 0.15) is 0 Å². The average molecular weight is 335 g/mol. The van der Waals surface area contributed by atoms with Crippen LogP contribution in [0, 0.1) is 0 Å². The van der Waals surface area contributed by atoms with Gasteiger partial charge in [0, 0.05) is 23.2 Å². The molecule has 0 unspecified atom stereocenters. The van der Waals surface area contributed by atoms with Gasteiger partial charge in [0.05, 0.1) is 10.0 Å². The molecule has 3 rings (SSSR count). The molecular weight excluding hydrogens is 323 g/mol. The summed E-state index contributed by atoms with van der Waals surface area (Å²) >= 11 is 13.6. The van der Waals surface area contributed by atoms with E-state index in [1.807, 2.05) is 54.7 Å². The van der Waals surface area contributed by atoms with Gasteiger partial charge in [0.15, 0.2) is 5.13 Å². The molecule has 0 amide bonds. The summed E-state index contributed by atoms with van der Waals surface area (Å²) in [5.41, 5.74) is 2.16. The van der Waals surface area contributed by atoms with Crippen molar-refractivity contribution in [2.45, 2.75) is 6.42 Å². The molecule has 0 saturated heterocycles. The third-order valence-corrected chi connectivity index (χ3v) is 4.59.